The molecule has 13 heteroatoms. The van der Waals surface area contributed by atoms with Gasteiger partial charge in [-0.1, -0.05) is 49.0 Å². The standard InChI is InChI=1S/C30H35N7O5S/c1-5-20-21(15-31)25(34-26(22(20)16-32)43-23(24(33)38)19-9-7-6-8-10-19)36-11-13-37(14-12-36)27(39)30(17-41-18-30)35-28(40)42-29(2,3)4/h6-10,23H,5,11-14,17-18H2,1-4H3,(H2,33,38)(H,35,40). The van der Waals surface area contributed by atoms with Crippen LogP contribution in [0.3, 0.4) is 0 Å². The molecule has 3 heterocycles. The van der Waals surface area contributed by atoms with Crippen LogP contribution in [0.2, 0.25) is 0 Å². The predicted octanol–water partition coefficient (Wildman–Crippen LogP) is 2.65. The van der Waals surface area contributed by atoms with Gasteiger partial charge in [0.05, 0.1) is 24.3 Å². The van der Waals surface area contributed by atoms with Gasteiger partial charge in [-0.25, -0.2) is 9.78 Å². The van der Waals surface area contributed by atoms with E-state index in [4.69, 9.17) is 20.2 Å². The van der Waals surface area contributed by atoms with Crippen molar-refractivity contribution < 1.29 is 23.9 Å². The molecule has 2 saturated heterocycles. The molecule has 1 atom stereocenters. The van der Waals surface area contributed by atoms with E-state index in [2.05, 4.69) is 17.5 Å². The number of ether oxygens (including phenoxy) is 2. The summed E-state index contributed by atoms with van der Waals surface area (Å²) in [6.45, 7) is 8.50. The Balaban J connectivity index is 1.58. The normalized spacial score (nSPS) is 16.7. The van der Waals surface area contributed by atoms with Gasteiger partial charge in [-0.2, -0.15) is 10.5 Å². The number of primary amides is 1. The van der Waals surface area contributed by atoms with Gasteiger partial charge in [0.1, 0.15) is 33.8 Å². The number of alkyl carbamates (subject to hydrolysis) is 1. The predicted molar refractivity (Wildman–Crippen MR) is 159 cm³/mol. The van der Waals surface area contributed by atoms with Crippen molar-refractivity contribution in [1.29, 1.82) is 10.5 Å². The Labute approximate surface area is 255 Å². The number of nitrogens with zero attached hydrogens (tertiary/aromatic N) is 5. The Morgan fingerprint density at radius 3 is 2.23 bits per heavy atom. The van der Waals surface area contributed by atoms with Gasteiger partial charge in [-0.3, -0.25) is 9.59 Å². The minimum Gasteiger partial charge on any atom is -0.444 e. The molecule has 12 nitrogen and oxygen atoms in total. The summed E-state index contributed by atoms with van der Waals surface area (Å²) < 4.78 is 10.7. The first-order valence-corrected chi connectivity index (χ1v) is 14.8. The molecule has 0 radical (unpaired) electrons. The summed E-state index contributed by atoms with van der Waals surface area (Å²) in [5, 5.41) is 22.4. The number of piperazine rings is 1. The molecule has 2 aromatic rings. The molecule has 2 aliphatic heterocycles. The van der Waals surface area contributed by atoms with Crippen molar-refractivity contribution in [3.8, 4) is 12.1 Å². The van der Waals surface area contributed by atoms with Gasteiger partial charge in [0.2, 0.25) is 5.91 Å². The molecule has 3 N–H and O–H groups in total. The van der Waals surface area contributed by atoms with Gasteiger partial charge in [-0.15, -0.1) is 0 Å². The zero-order valence-corrected chi connectivity index (χ0v) is 25.5. The highest BCUT2D eigenvalue weighted by molar-refractivity contribution is 8.00. The monoisotopic (exact) mass is 605 g/mol. The average Bonchev–Trinajstić information content (AvgIpc) is 2.95. The minimum absolute atomic E-state index is 0.0456. The van der Waals surface area contributed by atoms with E-state index in [9.17, 15) is 24.9 Å². The van der Waals surface area contributed by atoms with Crippen molar-refractivity contribution in [2.45, 2.75) is 55.5 Å². The van der Waals surface area contributed by atoms with Crippen LogP contribution in [0, 0.1) is 22.7 Å². The van der Waals surface area contributed by atoms with Gasteiger partial charge < -0.3 is 30.3 Å². The number of pyridine rings is 1. The van der Waals surface area contributed by atoms with Gasteiger partial charge in [-0.05, 0) is 38.3 Å². The van der Waals surface area contributed by atoms with Gasteiger partial charge in [0.25, 0.3) is 5.91 Å². The second kappa shape index (κ2) is 12.9. The molecule has 226 valence electrons. The zero-order chi connectivity index (χ0) is 31.4. The first-order valence-electron chi connectivity index (χ1n) is 13.9. The summed E-state index contributed by atoms with van der Waals surface area (Å²) in [6.07, 6.45) is -0.288. The smallest absolute Gasteiger partial charge is 0.408 e. The Kier molecular flexibility index (Phi) is 9.48. The van der Waals surface area contributed by atoms with Crippen molar-refractivity contribution in [2.24, 2.45) is 5.73 Å². The van der Waals surface area contributed by atoms with Crippen LogP contribution in [-0.4, -0.2) is 78.3 Å². The highest BCUT2D eigenvalue weighted by Crippen LogP contribution is 2.39. The third kappa shape index (κ3) is 6.85. The Hall–Kier alpha value is -4.33. The SMILES string of the molecule is CCc1c(C#N)c(SC(C(N)=O)c2ccccc2)nc(N2CCN(C(=O)C3(NC(=O)OC(C)(C)C)COC3)CC2)c1C#N. The van der Waals surface area contributed by atoms with E-state index in [-0.39, 0.29) is 30.2 Å². The van der Waals surface area contributed by atoms with Crippen molar-refractivity contribution in [1.82, 2.24) is 15.2 Å². The number of amides is 3. The number of anilines is 1. The summed E-state index contributed by atoms with van der Waals surface area (Å²) in [5.41, 5.74) is 5.58. The van der Waals surface area contributed by atoms with Gasteiger partial charge >= 0.3 is 6.09 Å². The number of thioether (sulfide) groups is 1. The number of nitrogens with two attached hydrogens (primary N) is 1. The Morgan fingerprint density at radius 1 is 1.12 bits per heavy atom. The molecule has 2 aliphatic rings. The fourth-order valence-electron chi connectivity index (χ4n) is 5.01. The van der Waals surface area contributed by atoms with Crippen LogP contribution in [0.5, 0.6) is 0 Å². The Morgan fingerprint density at radius 2 is 1.74 bits per heavy atom. The molecular weight excluding hydrogens is 570 g/mol. The van der Waals surface area contributed by atoms with Crippen LogP contribution in [0.15, 0.2) is 35.4 Å². The van der Waals surface area contributed by atoms with Crippen LogP contribution < -0.4 is 16.0 Å². The molecule has 0 aliphatic carbocycles. The maximum atomic E-state index is 13.5. The maximum Gasteiger partial charge on any atom is 0.408 e. The molecule has 1 aromatic carbocycles. The topological polar surface area (TPSA) is 175 Å². The van der Waals surface area contributed by atoms with E-state index >= 15 is 0 Å². The van der Waals surface area contributed by atoms with Gasteiger partial charge in [0, 0.05) is 26.2 Å². The summed E-state index contributed by atoms with van der Waals surface area (Å²) in [4.78, 5) is 46.8. The zero-order valence-electron chi connectivity index (χ0n) is 24.7. The summed E-state index contributed by atoms with van der Waals surface area (Å²) >= 11 is 1.08. The quantitative estimate of drug-likeness (QED) is 0.426. The number of hydrogen-bond donors (Lipinski definition) is 2. The van der Waals surface area contributed by atoms with Crippen LogP contribution in [-0.2, 0) is 25.5 Å². The highest BCUT2D eigenvalue weighted by atomic mass is 32.2. The van der Waals surface area contributed by atoms with E-state index in [1.807, 2.05) is 17.9 Å². The summed E-state index contributed by atoms with van der Waals surface area (Å²) in [7, 11) is 0. The number of nitriles is 2. The third-order valence-electron chi connectivity index (χ3n) is 7.13. The number of aromatic nitrogens is 1. The number of benzene rings is 1. The Bertz CT molecular complexity index is 1470. The third-order valence-corrected chi connectivity index (χ3v) is 8.39. The summed E-state index contributed by atoms with van der Waals surface area (Å²) in [5.74, 6) is -0.458. The van der Waals surface area contributed by atoms with Crippen molar-refractivity contribution in [3.05, 3.63) is 52.6 Å². The van der Waals surface area contributed by atoms with Crippen LogP contribution >= 0.6 is 11.8 Å². The number of nitrogens with one attached hydrogen (secondary N) is 1. The number of carbonyl (C=O) groups is 3. The van der Waals surface area contributed by atoms with Crippen LogP contribution in [0.25, 0.3) is 0 Å². The first-order chi connectivity index (χ1) is 20.4. The van der Waals surface area contributed by atoms with Crippen molar-refractivity contribution in [3.63, 3.8) is 0 Å². The lowest BCUT2D eigenvalue weighted by Crippen LogP contribution is -2.71. The van der Waals surface area contributed by atoms with Crippen LogP contribution in [0.4, 0.5) is 10.6 Å². The molecule has 1 aromatic heterocycles. The second-order valence-electron chi connectivity index (χ2n) is 11.3. The molecule has 1 unspecified atom stereocenters. The van der Waals surface area contributed by atoms with E-state index < -0.39 is 28.4 Å². The van der Waals surface area contributed by atoms with E-state index in [0.717, 1.165) is 11.8 Å². The largest absolute Gasteiger partial charge is 0.444 e. The van der Waals surface area contributed by atoms with E-state index in [1.165, 1.54) is 0 Å². The van der Waals surface area contributed by atoms with E-state index in [0.29, 0.717) is 54.6 Å². The van der Waals surface area contributed by atoms with Crippen molar-refractivity contribution >= 4 is 35.5 Å². The number of rotatable bonds is 8. The average molecular weight is 606 g/mol. The van der Waals surface area contributed by atoms with Crippen molar-refractivity contribution in [2.75, 3.05) is 44.3 Å². The second-order valence-corrected chi connectivity index (χ2v) is 12.4. The molecule has 0 bridgehead atoms. The van der Waals surface area contributed by atoms with E-state index in [1.54, 1.807) is 49.9 Å². The lowest BCUT2D eigenvalue weighted by atomic mass is 9.95. The first kappa shape index (κ1) is 31.6. The number of hydrogen-bond acceptors (Lipinski definition) is 10. The fraction of sp³-hybridized carbons (Fsp3) is 0.467. The molecule has 0 spiro atoms. The summed E-state index contributed by atoms with van der Waals surface area (Å²) in [6, 6.07) is 13.4. The van der Waals surface area contributed by atoms with Crippen LogP contribution in [0.1, 0.15) is 55.2 Å². The molecular formula is C30H35N7O5S. The molecule has 2 fully saturated rings. The molecule has 43 heavy (non-hydrogen) atoms. The molecule has 0 saturated carbocycles. The minimum atomic E-state index is -1.20. The maximum absolute atomic E-state index is 13.5. The fourth-order valence-corrected chi connectivity index (χ4v) is 6.06. The highest BCUT2D eigenvalue weighted by Gasteiger charge is 2.50. The molecule has 3 amide bonds. The lowest BCUT2D eigenvalue weighted by molar-refractivity contribution is -0.159. The van der Waals surface area contributed by atoms with Gasteiger partial charge in [0.15, 0.2) is 5.54 Å². The number of carbonyl (C=O) groups excluding carboxylic acids is 3. The lowest BCUT2D eigenvalue weighted by Gasteiger charge is -2.45. The molecule has 4 rings (SSSR count).